The fraction of sp³-hybridized carbons (Fsp3) is 0.462. The van der Waals surface area contributed by atoms with Crippen molar-refractivity contribution in [1.82, 2.24) is 4.90 Å². The van der Waals surface area contributed by atoms with Gasteiger partial charge in [0.05, 0.1) is 13.1 Å². The molecular formula is C13H14F3NO2. The number of carbonyl (C=O) groups is 1. The van der Waals surface area contributed by atoms with Crippen molar-refractivity contribution in [2.45, 2.75) is 19.4 Å². The third-order valence-corrected chi connectivity index (χ3v) is 3.51. The Balaban J connectivity index is 2.20. The summed E-state index contributed by atoms with van der Waals surface area (Å²) in [6, 6.07) is 0.926. The second-order valence-corrected chi connectivity index (χ2v) is 5.16. The summed E-state index contributed by atoms with van der Waals surface area (Å²) in [4.78, 5) is 13.0. The molecule has 0 spiro atoms. The fourth-order valence-corrected chi connectivity index (χ4v) is 2.03. The monoisotopic (exact) mass is 273 g/mol. The van der Waals surface area contributed by atoms with Crippen molar-refractivity contribution in [2.75, 3.05) is 13.1 Å². The van der Waals surface area contributed by atoms with Crippen molar-refractivity contribution in [2.24, 2.45) is 5.92 Å². The van der Waals surface area contributed by atoms with Crippen LogP contribution in [-0.2, 0) is 0 Å². The standard InChI is InChI=1S/C13H14F3NO2/c1-7(2)13(19)5-17(6-13)12(18)11-9(15)3-8(14)4-10(11)16/h3-4,7,19H,5-6H2,1-2H3. The Hall–Kier alpha value is -1.56. The van der Waals surface area contributed by atoms with Gasteiger partial charge in [-0.2, -0.15) is 0 Å². The van der Waals surface area contributed by atoms with Gasteiger partial charge in [-0.25, -0.2) is 13.2 Å². The van der Waals surface area contributed by atoms with Gasteiger partial charge in [-0.05, 0) is 5.92 Å². The molecule has 0 atom stereocenters. The van der Waals surface area contributed by atoms with Gasteiger partial charge >= 0.3 is 0 Å². The number of nitrogens with zero attached hydrogens (tertiary/aromatic N) is 1. The Bertz CT molecular complexity index is 502. The van der Waals surface area contributed by atoms with Gasteiger partial charge in [0.1, 0.15) is 28.6 Å². The molecule has 1 aromatic rings. The first-order chi connectivity index (χ1) is 8.74. The van der Waals surface area contributed by atoms with E-state index in [1.165, 1.54) is 0 Å². The van der Waals surface area contributed by atoms with Crippen LogP contribution in [-0.4, -0.2) is 34.6 Å². The van der Waals surface area contributed by atoms with E-state index in [2.05, 4.69) is 0 Å². The number of hydrogen-bond donors (Lipinski definition) is 1. The minimum atomic E-state index is -1.23. The molecule has 0 radical (unpaired) electrons. The zero-order valence-electron chi connectivity index (χ0n) is 10.6. The van der Waals surface area contributed by atoms with Crippen LogP contribution in [0.3, 0.4) is 0 Å². The minimum Gasteiger partial charge on any atom is -0.386 e. The Morgan fingerprint density at radius 2 is 1.74 bits per heavy atom. The lowest BCUT2D eigenvalue weighted by Gasteiger charge is -2.49. The van der Waals surface area contributed by atoms with Gasteiger partial charge in [0.25, 0.3) is 5.91 Å². The van der Waals surface area contributed by atoms with E-state index >= 15 is 0 Å². The van der Waals surface area contributed by atoms with E-state index in [1.54, 1.807) is 13.8 Å². The summed E-state index contributed by atoms with van der Waals surface area (Å²) >= 11 is 0. The van der Waals surface area contributed by atoms with Gasteiger partial charge in [-0.1, -0.05) is 13.8 Å². The summed E-state index contributed by atoms with van der Waals surface area (Å²) in [5.74, 6) is -4.49. The van der Waals surface area contributed by atoms with E-state index in [1.807, 2.05) is 0 Å². The number of hydrogen-bond acceptors (Lipinski definition) is 2. The van der Waals surface area contributed by atoms with Crippen LogP contribution in [0.15, 0.2) is 12.1 Å². The number of amides is 1. The number of rotatable bonds is 2. The van der Waals surface area contributed by atoms with Crippen LogP contribution >= 0.6 is 0 Å². The molecule has 1 heterocycles. The van der Waals surface area contributed by atoms with Crippen molar-refractivity contribution in [3.8, 4) is 0 Å². The lowest BCUT2D eigenvalue weighted by atomic mass is 9.82. The molecule has 0 aliphatic carbocycles. The predicted molar refractivity (Wildman–Crippen MR) is 62.0 cm³/mol. The lowest BCUT2D eigenvalue weighted by molar-refractivity contribution is -0.111. The fourth-order valence-electron chi connectivity index (χ4n) is 2.03. The maximum Gasteiger partial charge on any atom is 0.260 e. The summed E-state index contributed by atoms with van der Waals surface area (Å²) in [6.07, 6.45) is 0. The number of aliphatic hydroxyl groups is 1. The van der Waals surface area contributed by atoms with E-state index in [4.69, 9.17) is 0 Å². The molecule has 1 N–H and O–H groups in total. The topological polar surface area (TPSA) is 40.5 Å². The summed E-state index contributed by atoms with van der Waals surface area (Å²) in [5.41, 5.74) is -1.81. The molecule has 0 aromatic heterocycles. The molecule has 0 unspecified atom stereocenters. The maximum atomic E-state index is 13.4. The molecule has 1 aromatic carbocycles. The Labute approximate surface area is 108 Å². The molecular weight excluding hydrogens is 259 g/mol. The highest BCUT2D eigenvalue weighted by Crippen LogP contribution is 2.30. The molecule has 2 rings (SSSR count). The van der Waals surface area contributed by atoms with Gasteiger partial charge in [0.2, 0.25) is 0 Å². The summed E-state index contributed by atoms with van der Waals surface area (Å²) in [6.45, 7) is 3.61. The van der Waals surface area contributed by atoms with E-state index in [0.717, 1.165) is 4.90 Å². The van der Waals surface area contributed by atoms with Crippen molar-refractivity contribution in [3.63, 3.8) is 0 Å². The van der Waals surface area contributed by atoms with Crippen LogP contribution in [0, 0.1) is 23.4 Å². The van der Waals surface area contributed by atoms with E-state index in [9.17, 15) is 23.1 Å². The first kappa shape index (κ1) is 13.9. The van der Waals surface area contributed by atoms with E-state index < -0.39 is 34.5 Å². The van der Waals surface area contributed by atoms with Crippen molar-refractivity contribution in [1.29, 1.82) is 0 Å². The van der Waals surface area contributed by atoms with Crippen LogP contribution in [0.1, 0.15) is 24.2 Å². The summed E-state index contributed by atoms with van der Waals surface area (Å²) < 4.78 is 39.6. The molecule has 6 heteroatoms. The highest BCUT2D eigenvalue weighted by atomic mass is 19.1. The van der Waals surface area contributed by atoms with Gasteiger partial charge in [-0.15, -0.1) is 0 Å². The zero-order chi connectivity index (χ0) is 14.4. The second kappa shape index (κ2) is 4.52. The molecule has 0 saturated carbocycles. The predicted octanol–water partition coefficient (Wildman–Crippen LogP) is 1.95. The average Bonchev–Trinajstić information content (AvgIpc) is 2.22. The van der Waals surface area contributed by atoms with Crippen molar-refractivity contribution < 1.29 is 23.1 Å². The third kappa shape index (κ3) is 2.32. The number of likely N-dealkylation sites (tertiary alicyclic amines) is 1. The molecule has 104 valence electrons. The van der Waals surface area contributed by atoms with Crippen LogP contribution < -0.4 is 0 Å². The van der Waals surface area contributed by atoms with Crippen LogP contribution in [0.2, 0.25) is 0 Å². The lowest BCUT2D eigenvalue weighted by Crippen LogP contribution is -2.66. The third-order valence-electron chi connectivity index (χ3n) is 3.51. The van der Waals surface area contributed by atoms with Gasteiger partial charge in [0, 0.05) is 12.1 Å². The maximum absolute atomic E-state index is 13.4. The van der Waals surface area contributed by atoms with Gasteiger partial charge in [0.15, 0.2) is 0 Å². The zero-order valence-corrected chi connectivity index (χ0v) is 10.6. The number of benzene rings is 1. The van der Waals surface area contributed by atoms with Crippen LogP contribution in [0.25, 0.3) is 0 Å². The smallest absolute Gasteiger partial charge is 0.260 e. The normalized spacial score (nSPS) is 17.5. The first-order valence-electron chi connectivity index (χ1n) is 5.91. The van der Waals surface area contributed by atoms with Crippen LogP contribution in [0.4, 0.5) is 13.2 Å². The molecule has 1 saturated heterocycles. The number of carbonyl (C=O) groups excluding carboxylic acids is 1. The Morgan fingerprint density at radius 3 is 2.16 bits per heavy atom. The highest BCUT2D eigenvalue weighted by molar-refractivity contribution is 5.95. The van der Waals surface area contributed by atoms with Crippen molar-refractivity contribution in [3.05, 3.63) is 35.1 Å². The van der Waals surface area contributed by atoms with Crippen molar-refractivity contribution >= 4 is 5.91 Å². The quantitative estimate of drug-likeness (QED) is 0.894. The first-order valence-corrected chi connectivity index (χ1v) is 5.91. The summed E-state index contributed by atoms with van der Waals surface area (Å²) in [5, 5.41) is 9.99. The van der Waals surface area contributed by atoms with E-state index in [0.29, 0.717) is 12.1 Å². The molecule has 1 aliphatic heterocycles. The van der Waals surface area contributed by atoms with E-state index in [-0.39, 0.29) is 19.0 Å². The number of β-amino-alcohol motifs (C(OH)–C–C–N with tert-alkyl or cyclic N) is 1. The minimum absolute atomic E-state index is 0.0136. The number of halogens is 3. The molecule has 1 fully saturated rings. The average molecular weight is 273 g/mol. The SMILES string of the molecule is CC(C)C1(O)CN(C(=O)c2c(F)cc(F)cc2F)C1. The van der Waals surface area contributed by atoms with Gasteiger partial charge in [-0.3, -0.25) is 4.79 Å². The highest BCUT2D eigenvalue weighted by Gasteiger charge is 2.46. The van der Waals surface area contributed by atoms with Gasteiger partial charge < -0.3 is 10.0 Å². The molecule has 3 nitrogen and oxygen atoms in total. The molecule has 19 heavy (non-hydrogen) atoms. The second-order valence-electron chi connectivity index (χ2n) is 5.16. The molecule has 0 bridgehead atoms. The largest absolute Gasteiger partial charge is 0.386 e. The molecule has 1 aliphatic rings. The summed E-state index contributed by atoms with van der Waals surface area (Å²) in [7, 11) is 0. The Morgan fingerprint density at radius 1 is 1.26 bits per heavy atom. The Kier molecular flexibility index (Phi) is 3.30. The molecule has 1 amide bonds. The van der Waals surface area contributed by atoms with Crippen LogP contribution in [0.5, 0.6) is 0 Å².